The SMILES string of the molecule is O=S(=O)(Nc1ncn(Cc2c(Cl)cccc2Cl)n1)c1cc(Cl)ccc1Cl. The highest BCUT2D eigenvalue weighted by molar-refractivity contribution is 7.92. The molecule has 11 heteroatoms. The van der Waals surface area contributed by atoms with Gasteiger partial charge in [-0.05, 0) is 30.3 Å². The van der Waals surface area contributed by atoms with Gasteiger partial charge in [-0.25, -0.2) is 17.8 Å². The molecule has 6 nitrogen and oxygen atoms in total. The van der Waals surface area contributed by atoms with Crippen molar-refractivity contribution < 1.29 is 8.42 Å². The Labute approximate surface area is 169 Å². The van der Waals surface area contributed by atoms with Gasteiger partial charge in [-0.2, -0.15) is 4.98 Å². The summed E-state index contributed by atoms with van der Waals surface area (Å²) >= 11 is 24.0. The molecule has 0 fully saturated rings. The first-order valence-corrected chi connectivity index (χ1v) is 10.1. The van der Waals surface area contributed by atoms with Crippen LogP contribution >= 0.6 is 46.4 Å². The summed E-state index contributed by atoms with van der Waals surface area (Å²) < 4.78 is 28.6. The van der Waals surface area contributed by atoms with Crippen molar-refractivity contribution in [1.82, 2.24) is 14.8 Å². The highest BCUT2D eigenvalue weighted by atomic mass is 35.5. The Balaban J connectivity index is 1.83. The average Bonchev–Trinajstić information content (AvgIpc) is 2.99. The summed E-state index contributed by atoms with van der Waals surface area (Å²) in [5.74, 6) is -0.121. The van der Waals surface area contributed by atoms with Crippen LogP contribution in [0.25, 0.3) is 0 Å². The normalized spacial score (nSPS) is 11.5. The number of nitrogens with zero attached hydrogens (tertiary/aromatic N) is 3. The van der Waals surface area contributed by atoms with Gasteiger partial charge in [-0.1, -0.05) is 52.5 Å². The van der Waals surface area contributed by atoms with Gasteiger partial charge >= 0.3 is 0 Å². The maximum Gasteiger partial charge on any atom is 0.265 e. The molecule has 1 N–H and O–H groups in total. The van der Waals surface area contributed by atoms with E-state index in [2.05, 4.69) is 14.8 Å². The number of nitrogens with one attached hydrogen (secondary N) is 1. The van der Waals surface area contributed by atoms with E-state index < -0.39 is 10.0 Å². The molecule has 0 aliphatic rings. The number of benzene rings is 2. The largest absolute Gasteiger partial charge is 0.265 e. The van der Waals surface area contributed by atoms with Crippen molar-refractivity contribution in [3.05, 3.63) is 68.4 Å². The van der Waals surface area contributed by atoms with E-state index in [1.165, 1.54) is 29.2 Å². The summed E-state index contributed by atoms with van der Waals surface area (Å²) in [6.07, 6.45) is 1.36. The second-order valence-corrected chi connectivity index (χ2v) is 8.46. The van der Waals surface area contributed by atoms with Gasteiger partial charge in [0, 0.05) is 20.6 Å². The van der Waals surface area contributed by atoms with E-state index >= 15 is 0 Å². The Morgan fingerprint density at radius 2 is 1.69 bits per heavy atom. The molecular formula is C15H10Cl4N4O2S. The van der Waals surface area contributed by atoms with Crippen LogP contribution in [0.1, 0.15) is 5.56 Å². The summed E-state index contributed by atoms with van der Waals surface area (Å²) in [5, 5.41) is 5.29. The van der Waals surface area contributed by atoms with Gasteiger partial charge in [-0.15, -0.1) is 5.10 Å². The van der Waals surface area contributed by atoms with E-state index in [-0.39, 0.29) is 27.4 Å². The predicted molar refractivity (Wildman–Crippen MR) is 103 cm³/mol. The second kappa shape index (κ2) is 7.62. The lowest BCUT2D eigenvalue weighted by Crippen LogP contribution is -2.15. The lowest BCUT2D eigenvalue weighted by atomic mass is 10.2. The molecule has 0 unspecified atom stereocenters. The minimum absolute atomic E-state index is 0.0316. The number of anilines is 1. The molecule has 0 bridgehead atoms. The number of rotatable bonds is 5. The molecule has 3 aromatic rings. The molecule has 26 heavy (non-hydrogen) atoms. The fraction of sp³-hybridized carbons (Fsp3) is 0.0667. The smallest absolute Gasteiger partial charge is 0.246 e. The number of hydrogen-bond donors (Lipinski definition) is 1. The summed E-state index contributed by atoms with van der Waals surface area (Å²) in [6.45, 7) is 0.227. The van der Waals surface area contributed by atoms with Crippen LogP contribution in [0.15, 0.2) is 47.6 Å². The fourth-order valence-electron chi connectivity index (χ4n) is 2.12. The molecule has 1 aromatic heterocycles. The van der Waals surface area contributed by atoms with Crippen LogP contribution in [-0.4, -0.2) is 23.2 Å². The third-order valence-electron chi connectivity index (χ3n) is 3.33. The van der Waals surface area contributed by atoms with Gasteiger partial charge in [-0.3, -0.25) is 0 Å². The first kappa shape index (κ1) is 19.3. The molecule has 0 saturated heterocycles. The third-order valence-corrected chi connectivity index (χ3v) is 6.08. The van der Waals surface area contributed by atoms with Crippen LogP contribution in [0, 0.1) is 0 Å². The van der Waals surface area contributed by atoms with Crippen molar-refractivity contribution in [3.8, 4) is 0 Å². The van der Waals surface area contributed by atoms with Crippen LogP contribution in [0.2, 0.25) is 20.1 Å². The summed E-state index contributed by atoms with van der Waals surface area (Å²) in [5.41, 5.74) is 0.646. The molecule has 0 aliphatic carbocycles. The number of sulfonamides is 1. The minimum Gasteiger partial charge on any atom is -0.246 e. The Morgan fingerprint density at radius 1 is 1.00 bits per heavy atom. The first-order valence-electron chi connectivity index (χ1n) is 7.06. The van der Waals surface area contributed by atoms with E-state index in [1.807, 2.05) is 0 Å². The molecular weight excluding hydrogens is 442 g/mol. The Morgan fingerprint density at radius 3 is 2.38 bits per heavy atom. The zero-order valence-electron chi connectivity index (χ0n) is 12.8. The highest BCUT2D eigenvalue weighted by Crippen LogP contribution is 2.27. The van der Waals surface area contributed by atoms with Crippen LogP contribution < -0.4 is 4.72 Å². The van der Waals surface area contributed by atoms with E-state index in [9.17, 15) is 8.42 Å². The number of hydrogen-bond acceptors (Lipinski definition) is 4. The van der Waals surface area contributed by atoms with E-state index in [4.69, 9.17) is 46.4 Å². The van der Waals surface area contributed by atoms with Crippen LogP contribution in [0.4, 0.5) is 5.95 Å². The van der Waals surface area contributed by atoms with E-state index in [0.717, 1.165) is 0 Å². The zero-order chi connectivity index (χ0) is 18.9. The molecule has 3 rings (SSSR count). The molecule has 0 aliphatic heterocycles. The lowest BCUT2D eigenvalue weighted by Gasteiger charge is -2.07. The molecule has 0 radical (unpaired) electrons. The summed E-state index contributed by atoms with van der Waals surface area (Å²) in [6, 6.07) is 9.25. The predicted octanol–water partition coefficient (Wildman–Crippen LogP) is 4.74. The fourth-order valence-corrected chi connectivity index (χ4v) is 4.35. The highest BCUT2D eigenvalue weighted by Gasteiger charge is 2.20. The Bertz CT molecular complexity index is 1050. The quantitative estimate of drug-likeness (QED) is 0.607. The molecule has 0 amide bonds. The van der Waals surface area contributed by atoms with Gasteiger partial charge in [0.1, 0.15) is 11.2 Å². The van der Waals surface area contributed by atoms with Gasteiger partial charge in [0.15, 0.2) is 0 Å². The molecule has 1 heterocycles. The number of aromatic nitrogens is 3. The van der Waals surface area contributed by atoms with Gasteiger partial charge in [0.2, 0.25) is 0 Å². The van der Waals surface area contributed by atoms with Crippen molar-refractivity contribution >= 4 is 62.4 Å². The molecule has 0 saturated carbocycles. The molecule has 2 aromatic carbocycles. The topological polar surface area (TPSA) is 76.9 Å². The van der Waals surface area contributed by atoms with Crippen LogP contribution in [0.3, 0.4) is 0 Å². The molecule has 136 valence electrons. The monoisotopic (exact) mass is 450 g/mol. The van der Waals surface area contributed by atoms with Crippen molar-refractivity contribution in [2.75, 3.05) is 4.72 Å². The van der Waals surface area contributed by atoms with Crippen LogP contribution in [-0.2, 0) is 16.6 Å². The van der Waals surface area contributed by atoms with Gasteiger partial charge in [0.25, 0.3) is 16.0 Å². The second-order valence-electron chi connectivity index (χ2n) is 5.15. The first-order chi connectivity index (χ1) is 12.3. The lowest BCUT2D eigenvalue weighted by molar-refractivity contribution is 0.600. The van der Waals surface area contributed by atoms with E-state index in [1.54, 1.807) is 18.2 Å². The molecule has 0 spiro atoms. The van der Waals surface area contributed by atoms with Gasteiger partial charge < -0.3 is 0 Å². The minimum atomic E-state index is -4.00. The maximum atomic E-state index is 12.5. The van der Waals surface area contributed by atoms with Gasteiger partial charge in [0.05, 0.1) is 11.6 Å². The third kappa shape index (κ3) is 4.24. The van der Waals surface area contributed by atoms with Crippen molar-refractivity contribution in [3.63, 3.8) is 0 Å². The maximum absolute atomic E-state index is 12.5. The molecule has 0 atom stereocenters. The Kier molecular flexibility index (Phi) is 5.64. The van der Waals surface area contributed by atoms with E-state index in [0.29, 0.717) is 15.6 Å². The summed E-state index contributed by atoms with van der Waals surface area (Å²) in [7, 11) is -4.00. The Hall–Kier alpha value is -1.51. The standard InChI is InChI=1S/C15H10Cl4N4O2S/c16-9-4-5-13(19)14(6-9)26(24,25)22-15-20-8-23(21-15)7-10-11(17)2-1-3-12(10)18/h1-6,8H,7H2,(H,21,22). The van der Waals surface area contributed by atoms with Crippen molar-refractivity contribution in [2.45, 2.75) is 11.4 Å². The summed E-state index contributed by atoms with van der Waals surface area (Å²) in [4.78, 5) is 3.76. The van der Waals surface area contributed by atoms with Crippen molar-refractivity contribution in [1.29, 1.82) is 0 Å². The van der Waals surface area contributed by atoms with Crippen LogP contribution in [0.5, 0.6) is 0 Å². The average molecular weight is 452 g/mol. The van der Waals surface area contributed by atoms with Crippen molar-refractivity contribution in [2.24, 2.45) is 0 Å². The number of halogens is 4. The zero-order valence-corrected chi connectivity index (χ0v) is 16.7.